The van der Waals surface area contributed by atoms with E-state index in [0.29, 0.717) is 16.7 Å². The number of rotatable bonds is 8. The van der Waals surface area contributed by atoms with Crippen molar-refractivity contribution in [2.75, 3.05) is 19.8 Å². The molecule has 0 unspecified atom stereocenters. The second kappa shape index (κ2) is 7.82. The Morgan fingerprint density at radius 3 is 2.27 bits per heavy atom. The van der Waals surface area contributed by atoms with E-state index < -0.39 is 10.0 Å². The lowest BCUT2D eigenvalue weighted by molar-refractivity contribution is 0.319. The molecule has 0 aliphatic rings. The maximum absolute atomic E-state index is 11.9. The van der Waals surface area contributed by atoms with Crippen molar-refractivity contribution in [2.24, 2.45) is 0 Å². The average Bonchev–Trinajstić information content (AvgIpc) is 2.93. The smallest absolute Gasteiger partial charge is 0.250 e. The van der Waals surface area contributed by atoms with E-state index in [2.05, 4.69) is 4.72 Å². The van der Waals surface area contributed by atoms with Gasteiger partial charge >= 0.3 is 0 Å². The van der Waals surface area contributed by atoms with E-state index in [1.807, 2.05) is 6.92 Å². The number of halogens is 1. The van der Waals surface area contributed by atoms with Crippen molar-refractivity contribution in [3.05, 3.63) is 40.7 Å². The zero-order chi connectivity index (χ0) is 16.0. The van der Waals surface area contributed by atoms with E-state index in [4.69, 9.17) is 21.1 Å². The first-order valence-corrected chi connectivity index (χ1v) is 9.29. The molecule has 1 N–H and O–H groups in total. The van der Waals surface area contributed by atoms with Gasteiger partial charge in [-0.2, -0.15) is 0 Å². The predicted octanol–water partition coefficient (Wildman–Crippen LogP) is 3.16. The molecule has 0 bridgehead atoms. The summed E-state index contributed by atoms with van der Waals surface area (Å²) < 4.78 is 37.8. The standard InChI is InChI=1S/C14H16ClNO4S2/c1-2-19-11-3-5-12(6-4-11)20-10-9-16-22(17,18)14-8-7-13(15)21-14/h3-8,16H,2,9-10H2,1H3. The van der Waals surface area contributed by atoms with Crippen molar-refractivity contribution in [1.29, 1.82) is 0 Å². The zero-order valence-corrected chi connectivity index (χ0v) is 14.3. The number of benzene rings is 1. The second-order valence-corrected chi connectivity index (χ2v) is 7.92. The largest absolute Gasteiger partial charge is 0.494 e. The number of nitrogens with one attached hydrogen (secondary N) is 1. The van der Waals surface area contributed by atoms with Crippen molar-refractivity contribution in [3.63, 3.8) is 0 Å². The van der Waals surface area contributed by atoms with Gasteiger partial charge in [-0.1, -0.05) is 11.6 Å². The summed E-state index contributed by atoms with van der Waals surface area (Å²) in [5.74, 6) is 1.42. The van der Waals surface area contributed by atoms with Crippen molar-refractivity contribution in [3.8, 4) is 11.5 Å². The highest BCUT2D eigenvalue weighted by molar-refractivity contribution is 7.91. The van der Waals surface area contributed by atoms with Crippen LogP contribution in [0.5, 0.6) is 11.5 Å². The van der Waals surface area contributed by atoms with Crippen molar-refractivity contribution >= 4 is 33.0 Å². The maximum Gasteiger partial charge on any atom is 0.250 e. The Bertz CT molecular complexity index is 698. The molecule has 0 aliphatic heterocycles. The number of hydrogen-bond acceptors (Lipinski definition) is 5. The fourth-order valence-electron chi connectivity index (χ4n) is 1.66. The van der Waals surface area contributed by atoms with Crippen LogP contribution in [0.3, 0.4) is 0 Å². The average molecular weight is 362 g/mol. The number of thiophene rings is 1. The van der Waals surface area contributed by atoms with E-state index in [0.717, 1.165) is 17.1 Å². The van der Waals surface area contributed by atoms with Gasteiger partial charge in [0.1, 0.15) is 22.3 Å². The highest BCUT2D eigenvalue weighted by Gasteiger charge is 2.15. The molecule has 5 nitrogen and oxygen atoms in total. The van der Waals surface area contributed by atoms with Crippen LogP contribution in [0.2, 0.25) is 4.34 Å². The topological polar surface area (TPSA) is 64.6 Å². The third-order valence-electron chi connectivity index (χ3n) is 2.61. The normalized spacial score (nSPS) is 11.4. The molecule has 0 amide bonds. The van der Waals surface area contributed by atoms with Gasteiger partial charge in [-0.05, 0) is 43.3 Å². The molecule has 0 saturated carbocycles. The summed E-state index contributed by atoms with van der Waals surface area (Å²) in [6.07, 6.45) is 0. The van der Waals surface area contributed by atoms with Gasteiger partial charge in [0.2, 0.25) is 10.0 Å². The van der Waals surface area contributed by atoms with Gasteiger partial charge in [-0.15, -0.1) is 11.3 Å². The Labute approximate surface area is 138 Å². The fourth-order valence-corrected chi connectivity index (χ4v) is 4.20. The van der Waals surface area contributed by atoms with Gasteiger partial charge in [-0.3, -0.25) is 0 Å². The Morgan fingerprint density at radius 2 is 1.73 bits per heavy atom. The number of sulfonamides is 1. The summed E-state index contributed by atoms with van der Waals surface area (Å²) >= 11 is 6.75. The molecule has 1 aromatic carbocycles. The highest BCUT2D eigenvalue weighted by atomic mass is 35.5. The summed E-state index contributed by atoms with van der Waals surface area (Å²) in [5.41, 5.74) is 0. The number of hydrogen-bond donors (Lipinski definition) is 1. The summed E-state index contributed by atoms with van der Waals surface area (Å²) in [5, 5.41) is 0. The molecule has 1 heterocycles. The van der Waals surface area contributed by atoms with E-state index >= 15 is 0 Å². The summed E-state index contributed by atoms with van der Waals surface area (Å²) in [6.45, 7) is 2.92. The number of ether oxygens (including phenoxy) is 2. The SMILES string of the molecule is CCOc1ccc(OCCNS(=O)(=O)c2ccc(Cl)s2)cc1. The van der Waals surface area contributed by atoms with Crippen LogP contribution >= 0.6 is 22.9 Å². The van der Waals surface area contributed by atoms with Gasteiger partial charge in [0.15, 0.2) is 0 Å². The van der Waals surface area contributed by atoms with E-state index in [9.17, 15) is 8.42 Å². The predicted molar refractivity (Wildman–Crippen MR) is 87.6 cm³/mol. The van der Waals surface area contributed by atoms with Crippen LogP contribution in [0.15, 0.2) is 40.6 Å². The van der Waals surface area contributed by atoms with Crippen LogP contribution in [-0.4, -0.2) is 28.2 Å². The Kier molecular flexibility index (Phi) is 6.07. The van der Waals surface area contributed by atoms with Crippen molar-refractivity contribution in [2.45, 2.75) is 11.1 Å². The zero-order valence-electron chi connectivity index (χ0n) is 11.9. The third kappa shape index (κ3) is 4.88. The van der Waals surface area contributed by atoms with Gasteiger partial charge in [0.05, 0.1) is 10.9 Å². The molecule has 2 rings (SSSR count). The van der Waals surface area contributed by atoms with Gasteiger partial charge in [-0.25, -0.2) is 13.1 Å². The van der Waals surface area contributed by atoms with Gasteiger partial charge in [0, 0.05) is 6.54 Å². The van der Waals surface area contributed by atoms with Crippen LogP contribution in [0.25, 0.3) is 0 Å². The second-order valence-electron chi connectivity index (χ2n) is 4.21. The lowest BCUT2D eigenvalue weighted by Gasteiger charge is -2.08. The first-order chi connectivity index (χ1) is 10.5. The molecule has 0 aliphatic carbocycles. The van der Waals surface area contributed by atoms with Crippen LogP contribution in [0.1, 0.15) is 6.92 Å². The molecule has 0 spiro atoms. The molecular weight excluding hydrogens is 346 g/mol. The van der Waals surface area contributed by atoms with Gasteiger partial charge in [0.25, 0.3) is 0 Å². The molecular formula is C14H16ClNO4S2. The molecule has 22 heavy (non-hydrogen) atoms. The lowest BCUT2D eigenvalue weighted by Crippen LogP contribution is -2.27. The van der Waals surface area contributed by atoms with E-state index in [-0.39, 0.29) is 17.4 Å². The van der Waals surface area contributed by atoms with Crippen LogP contribution in [-0.2, 0) is 10.0 Å². The van der Waals surface area contributed by atoms with Crippen molar-refractivity contribution < 1.29 is 17.9 Å². The minimum atomic E-state index is -3.52. The lowest BCUT2D eigenvalue weighted by atomic mass is 10.3. The van der Waals surface area contributed by atoms with Crippen LogP contribution in [0.4, 0.5) is 0 Å². The molecule has 0 fully saturated rings. The third-order valence-corrected chi connectivity index (χ3v) is 5.80. The fraction of sp³-hybridized carbons (Fsp3) is 0.286. The first kappa shape index (κ1) is 17.1. The maximum atomic E-state index is 11.9. The quantitative estimate of drug-likeness (QED) is 0.733. The molecule has 0 atom stereocenters. The summed E-state index contributed by atoms with van der Waals surface area (Å²) in [7, 11) is -3.52. The Hall–Kier alpha value is -1.28. The minimum Gasteiger partial charge on any atom is -0.494 e. The monoisotopic (exact) mass is 361 g/mol. The van der Waals surface area contributed by atoms with E-state index in [1.165, 1.54) is 6.07 Å². The molecule has 8 heteroatoms. The van der Waals surface area contributed by atoms with Gasteiger partial charge < -0.3 is 9.47 Å². The molecule has 1 aromatic heterocycles. The highest BCUT2D eigenvalue weighted by Crippen LogP contribution is 2.25. The van der Waals surface area contributed by atoms with E-state index in [1.54, 1.807) is 30.3 Å². The molecule has 2 aromatic rings. The Morgan fingerprint density at radius 1 is 1.09 bits per heavy atom. The Balaban J connectivity index is 1.79. The van der Waals surface area contributed by atoms with Crippen LogP contribution < -0.4 is 14.2 Å². The first-order valence-electron chi connectivity index (χ1n) is 6.62. The molecule has 0 radical (unpaired) electrons. The molecule has 0 saturated heterocycles. The molecule has 120 valence electrons. The summed E-state index contributed by atoms with van der Waals surface area (Å²) in [4.78, 5) is 0. The minimum absolute atomic E-state index is 0.172. The summed E-state index contributed by atoms with van der Waals surface area (Å²) in [6, 6.07) is 10.2. The van der Waals surface area contributed by atoms with Crippen molar-refractivity contribution in [1.82, 2.24) is 4.72 Å². The van der Waals surface area contributed by atoms with Crippen LogP contribution in [0, 0.1) is 0 Å².